The minimum Gasteiger partial charge on any atom is -0.399 e. The van der Waals surface area contributed by atoms with Crippen LogP contribution in [-0.4, -0.2) is 23.2 Å². The number of anilines is 1. The molecule has 0 heterocycles. The molecule has 0 bridgehead atoms. The van der Waals surface area contributed by atoms with Crippen LogP contribution < -0.4 is 11.1 Å². The monoisotopic (exact) mass is 262 g/mol. The zero-order valence-corrected chi connectivity index (χ0v) is 11.2. The van der Waals surface area contributed by atoms with Gasteiger partial charge in [0.15, 0.2) is 0 Å². The van der Waals surface area contributed by atoms with E-state index < -0.39 is 5.60 Å². The number of carbonyl (C=O) groups is 1. The average molecular weight is 262 g/mol. The van der Waals surface area contributed by atoms with Crippen LogP contribution in [0.15, 0.2) is 24.3 Å². The first-order valence-electron chi connectivity index (χ1n) is 6.91. The van der Waals surface area contributed by atoms with E-state index in [0.717, 1.165) is 31.2 Å². The molecule has 0 saturated heterocycles. The van der Waals surface area contributed by atoms with E-state index in [1.54, 1.807) is 12.1 Å². The van der Waals surface area contributed by atoms with Gasteiger partial charge in [0.05, 0.1) is 12.0 Å². The molecule has 0 atom stereocenters. The second kappa shape index (κ2) is 6.06. The maximum Gasteiger partial charge on any atom is 0.224 e. The summed E-state index contributed by atoms with van der Waals surface area (Å²) >= 11 is 0. The zero-order chi connectivity index (χ0) is 13.7. The minimum absolute atomic E-state index is 0.0652. The third-order valence-corrected chi connectivity index (χ3v) is 3.71. The molecule has 1 aliphatic carbocycles. The molecule has 1 aliphatic rings. The van der Waals surface area contributed by atoms with E-state index in [-0.39, 0.29) is 5.91 Å². The van der Waals surface area contributed by atoms with Crippen molar-refractivity contribution in [1.29, 1.82) is 0 Å². The molecule has 1 aromatic carbocycles. The van der Waals surface area contributed by atoms with E-state index in [1.807, 2.05) is 12.1 Å². The molecule has 0 spiro atoms. The Morgan fingerprint density at radius 1 is 1.32 bits per heavy atom. The number of carbonyl (C=O) groups excluding carboxylic acids is 1. The molecule has 0 aliphatic heterocycles. The summed E-state index contributed by atoms with van der Waals surface area (Å²) in [6.07, 6.45) is 5.14. The Kier molecular flexibility index (Phi) is 4.43. The molecule has 2 rings (SSSR count). The Morgan fingerprint density at radius 2 is 2.05 bits per heavy atom. The molecule has 1 fully saturated rings. The van der Waals surface area contributed by atoms with E-state index in [1.165, 1.54) is 6.42 Å². The number of nitrogens with two attached hydrogens (primary N) is 1. The standard InChI is InChI=1S/C15H22N2O2/c16-13-6-4-5-12(9-13)10-14(18)17-11-15(19)7-2-1-3-8-15/h4-6,9,19H,1-3,7-8,10-11,16H2,(H,17,18). The molecule has 1 aromatic rings. The molecule has 19 heavy (non-hydrogen) atoms. The zero-order valence-electron chi connectivity index (χ0n) is 11.2. The van der Waals surface area contributed by atoms with Crippen LogP contribution in [0.5, 0.6) is 0 Å². The highest BCUT2D eigenvalue weighted by Gasteiger charge is 2.29. The van der Waals surface area contributed by atoms with Crippen LogP contribution in [0.25, 0.3) is 0 Å². The highest BCUT2D eigenvalue weighted by atomic mass is 16.3. The minimum atomic E-state index is -0.705. The first-order valence-corrected chi connectivity index (χ1v) is 6.91. The lowest BCUT2D eigenvalue weighted by molar-refractivity contribution is -0.122. The van der Waals surface area contributed by atoms with E-state index in [4.69, 9.17) is 5.73 Å². The Bertz CT molecular complexity index is 440. The van der Waals surface area contributed by atoms with Crippen LogP contribution in [0, 0.1) is 0 Å². The quantitative estimate of drug-likeness (QED) is 0.722. The molecule has 4 N–H and O–H groups in total. The summed E-state index contributed by atoms with van der Waals surface area (Å²) in [5.41, 5.74) is 6.53. The SMILES string of the molecule is Nc1cccc(CC(=O)NCC2(O)CCCCC2)c1. The third-order valence-electron chi connectivity index (χ3n) is 3.71. The fourth-order valence-corrected chi connectivity index (χ4v) is 2.60. The Labute approximate surface area is 114 Å². The lowest BCUT2D eigenvalue weighted by Crippen LogP contribution is -2.44. The van der Waals surface area contributed by atoms with Crippen LogP contribution in [0.3, 0.4) is 0 Å². The van der Waals surface area contributed by atoms with Crippen molar-refractivity contribution in [2.75, 3.05) is 12.3 Å². The van der Waals surface area contributed by atoms with Gasteiger partial charge in [-0.1, -0.05) is 31.4 Å². The van der Waals surface area contributed by atoms with Crippen molar-refractivity contribution in [1.82, 2.24) is 5.32 Å². The highest BCUT2D eigenvalue weighted by molar-refractivity contribution is 5.78. The largest absolute Gasteiger partial charge is 0.399 e. The van der Waals surface area contributed by atoms with Gasteiger partial charge in [0.1, 0.15) is 0 Å². The number of nitrogen functional groups attached to an aromatic ring is 1. The van der Waals surface area contributed by atoms with Crippen LogP contribution in [0.2, 0.25) is 0 Å². The van der Waals surface area contributed by atoms with Gasteiger partial charge >= 0.3 is 0 Å². The van der Waals surface area contributed by atoms with Gasteiger partial charge in [-0.15, -0.1) is 0 Å². The maximum absolute atomic E-state index is 11.8. The number of nitrogens with one attached hydrogen (secondary N) is 1. The van der Waals surface area contributed by atoms with Crippen molar-refractivity contribution < 1.29 is 9.90 Å². The van der Waals surface area contributed by atoms with Crippen molar-refractivity contribution in [3.8, 4) is 0 Å². The van der Waals surface area contributed by atoms with E-state index in [9.17, 15) is 9.90 Å². The summed E-state index contributed by atoms with van der Waals surface area (Å²) in [6, 6.07) is 7.32. The summed E-state index contributed by atoms with van der Waals surface area (Å²) in [7, 11) is 0. The van der Waals surface area contributed by atoms with Gasteiger partial charge in [0, 0.05) is 12.2 Å². The Morgan fingerprint density at radius 3 is 2.74 bits per heavy atom. The number of benzene rings is 1. The van der Waals surface area contributed by atoms with Gasteiger partial charge in [-0.25, -0.2) is 0 Å². The number of rotatable bonds is 4. The van der Waals surface area contributed by atoms with Crippen molar-refractivity contribution in [3.63, 3.8) is 0 Å². The highest BCUT2D eigenvalue weighted by Crippen LogP contribution is 2.27. The first kappa shape index (κ1) is 13.9. The molecular weight excluding hydrogens is 240 g/mol. The van der Waals surface area contributed by atoms with Gasteiger partial charge in [0.25, 0.3) is 0 Å². The van der Waals surface area contributed by atoms with Crippen LogP contribution in [-0.2, 0) is 11.2 Å². The fraction of sp³-hybridized carbons (Fsp3) is 0.533. The number of aliphatic hydroxyl groups is 1. The van der Waals surface area contributed by atoms with E-state index >= 15 is 0 Å². The molecular formula is C15H22N2O2. The van der Waals surface area contributed by atoms with Crippen molar-refractivity contribution in [2.45, 2.75) is 44.1 Å². The second-order valence-electron chi connectivity index (χ2n) is 5.48. The molecule has 1 saturated carbocycles. The van der Waals surface area contributed by atoms with Gasteiger partial charge in [-0.3, -0.25) is 4.79 Å². The van der Waals surface area contributed by atoms with Gasteiger partial charge in [-0.2, -0.15) is 0 Å². The Hall–Kier alpha value is -1.55. The summed E-state index contributed by atoms with van der Waals surface area (Å²) in [5.74, 6) is -0.0652. The van der Waals surface area contributed by atoms with Crippen molar-refractivity contribution in [2.24, 2.45) is 0 Å². The van der Waals surface area contributed by atoms with Crippen molar-refractivity contribution in [3.05, 3.63) is 29.8 Å². The van der Waals surface area contributed by atoms with Gasteiger partial charge < -0.3 is 16.2 Å². The lowest BCUT2D eigenvalue weighted by atomic mass is 9.85. The second-order valence-corrected chi connectivity index (χ2v) is 5.48. The molecule has 1 amide bonds. The number of hydrogen-bond acceptors (Lipinski definition) is 3. The summed E-state index contributed by atoms with van der Waals surface area (Å²) in [6.45, 7) is 0.355. The third kappa shape index (κ3) is 4.24. The molecule has 4 heteroatoms. The predicted octanol–water partition coefficient (Wildman–Crippen LogP) is 1.62. The number of amides is 1. The summed E-state index contributed by atoms with van der Waals surface area (Å²) in [4.78, 5) is 11.8. The summed E-state index contributed by atoms with van der Waals surface area (Å²) in [5, 5.41) is 13.1. The van der Waals surface area contributed by atoms with Gasteiger partial charge in [0.2, 0.25) is 5.91 Å². The van der Waals surface area contributed by atoms with Crippen LogP contribution >= 0.6 is 0 Å². The normalized spacial score (nSPS) is 17.9. The number of hydrogen-bond donors (Lipinski definition) is 3. The molecule has 104 valence electrons. The van der Waals surface area contributed by atoms with Crippen LogP contribution in [0.1, 0.15) is 37.7 Å². The average Bonchev–Trinajstić information content (AvgIpc) is 2.38. The predicted molar refractivity (Wildman–Crippen MR) is 75.6 cm³/mol. The molecule has 4 nitrogen and oxygen atoms in total. The fourth-order valence-electron chi connectivity index (χ4n) is 2.60. The van der Waals surface area contributed by atoms with Gasteiger partial charge in [-0.05, 0) is 30.5 Å². The van der Waals surface area contributed by atoms with E-state index in [0.29, 0.717) is 18.7 Å². The first-order chi connectivity index (χ1) is 9.07. The smallest absolute Gasteiger partial charge is 0.224 e. The molecule has 0 unspecified atom stereocenters. The summed E-state index contributed by atoms with van der Waals surface area (Å²) < 4.78 is 0. The van der Waals surface area contributed by atoms with Crippen molar-refractivity contribution >= 4 is 11.6 Å². The molecule has 0 radical (unpaired) electrons. The topological polar surface area (TPSA) is 75.4 Å². The lowest BCUT2D eigenvalue weighted by Gasteiger charge is -2.32. The van der Waals surface area contributed by atoms with E-state index in [2.05, 4.69) is 5.32 Å². The molecule has 0 aromatic heterocycles. The maximum atomic E-state index is 11.8. The Balaban J connectivity index is 1.81. The van der Waals surface area contributed by atoms with Crippen LogP contribution in [0.4, 0.5) is 5.69 Å².